The summed E-state index contributed by atoms with van der Waals surface area (Å²) in [6.45, 7) is 0. The minimum absolute atomic E-state index is 0.738. The van der Waals surface area contributed by atoms with Crippen LogP contribution in [0.15, 0.2) is 76.0 Å². The van der Waals surface area contributed by atoms with Crippen molar-refractivity contribution >= 4 is 10.9 Å². The van der Waals surface area contributed by atoms with Crippen LogP contribution in [-0.2, 0) is 0 Å². The van der Waals surface area contributed by atoms with E-state index in [2.05, 4.69) is 6.07 Å². The fraction of sp³-hybridized carbons (Fsp3) is 0. The number of pyridine rings is 1. The Bertz CT molecular complexity index is 773. The van der Waals surface area contributed by atoms with Crippen LogP contribution in [0.5, 0.6) is 0 Å². The summed E-state index contributed by atoms with van der Waals surface area (Å²) < 4.78 is 11.0. The van der Waals surface area contributed by atoms with E-state index in [1.807, 2.05) is 48.5 Å². The topological polar surface area (TPSA) is 39.2 Å². The van der Waals surface area contributed by atoms with Crippen molar-refractivity contribution in [3.63, 3.8) is 0 Å². The van der Waals surface area contributed by atoms with Crippen molar-refractivity contribution in [2.75, 3.05) is 0 Å². The summed E-state index contributed by atoms with van der Waals surface area (Å²) in [6.07, 6.45) is 3.31. The zero-order valence-electron chi connectivity index (χ0n) is 10.6. The van der Waals surface area contributed by atoms with Gasteiger partial charge in [0.1, 0.15) is 11.5 Å². The molecule has 4 rings (SSSR count). The molecule has 0 spiro atoms. The first-order valence-electron chi connectivity index (χ1n) is 6.39. The quantitative estimate of drug-likeness (QED) is 0.522. The van der Waals surface area contributed by atoms with Crippen molar-refractivity contribution in [3.8, 4) is 22.8 Å². The van der Waals surface area contributed by atoms with Crippen molar-refractivity contribution in [1.82, 2.24) is 4.98 Å². The molecule has 3 nitrogen and oxygen atoms in total. The van der Waals surface area contributed by atoms with E-state index in [1.54, 1.807) is 12.5 Å². The van der Waals surface area contributed by atoms with Gasteiger partial charge in [-0.3, -0.25) is 0 Å². The van der Waals surface area contributed by atoms with Gasteiger partial charge in [0.05, 0.1) is 18.0 Å². The number of hydrogen-bond donors (Lipinski definition) is 0. The second kappa shape index (κ2) is 4.38. The molecule has 0 aliphatic carbocycles. The summed E-state index contributed by atoms with van der Waals surface area (Å²) >= 11 is 0. The second-order valence-corrected chi connectivity index (χ2v) is 4.53. The van der Waals surface area contributed by atoms with Crippen molar-refractivity contribution in [2.45, 2.75) is 0 Å². The second-order valence-electron chi connectivity index (χ2n) is 4.53. The number of para-hydroxylation sites is 1. The lowest BCUT2D eigenvalue weighted by molar-refractivity contribution is 0.574. The van der Waals surface area contributed by atoms with Gasteiger partial charge in [0.15, 0.2) is 5.76 Å². The van der Waals surface area contributed by atoms with Crippen LogP contribution in [-0.4, -0.2) is 4.98 Å². The van der Waals surface area contributed by atoms with Crippen LogP contribution in [0.4, 0.5) is 0 Å². The molecular weight excluding hydrogens is 250 g/mol. The van der Waals surface area contributed by atoms with Gasteiger partial charge >= 0.3 is 0 Å². The number of hydrogen-bond acceptors (Lipinski definition) is 3. The van der Waals surface area contributed by atoms with E-state index in [0.717, 1.165) is 33.7 Å². The van der Waals surface area contributed by atoms with E-state index in [-0.39, 0.29) is 0 Å². The van der Waals surface area contributed by atoms with Crippen molar-refractivity contribution in [3.05, 3.63) is 67.1 Å². The molecule has 3 heteroatoms. The smallest absolute Gasteiger partial charge is 0.153 e. The van der Waals surface area contributed by atoms with Gasteiger partial charge < -0.3 is 8.83 Å². The maximum atomic E-state index is 5.53. The maximum absolute atomic E-state index is 5.53. The fourth-order valence-electron chi connectivity index (χ4n) is 2.34. The van der Waals surface area contributed by atoms with Crippen LogP contribution in [0.3, 0.4) is 0 Å². The maximum Gasteiger partial charge on any atom is 0.153 e. The Kier molecular flexibility index (Phi) is 2.42. The zero-order valence-corrected chi connectivity index (χ0v) is 10.6. The Hall–Kier alpha value is -2.81. The van der Waals surface area contributed by atoms with E-state index in [1.165, 1.54) is 0 Å². The van der Waals surface area contributed by atoms with E-state index >= 15 is 0 Å². The largest absolute Gasteiger partial charge is 0.464 e. The first-order chi connectivity index (χ1) is 9.92. The summed E-state index contributed by atoms with van der Waals surface area (Å²) in [6, 6.07) is 17.7. The van der Waals surface area contributed by atoms with E-state index in [9.17, 15) is 0 Å². The third-order valence-corrected chi connectivity index (χ3v) is 3.27. The Balaban J connectivity index is 2.06. The van der Waals surface area contributed by atoms with Gasteiger partial charge in [0, 0.05) is 10.9 Å². The molecule has 0 fully saturated rings. The van der Waals surface area contributed by atoms with Crippen LogP contribution >= 0.6 is 0 Å². The van der Waals surface area contributed by atoms with Gasteiger partial charge in [-0.2, -0.15) is 0 Å². The third kappa shape index (κ3) is 1.72. The molecule has 4 aromatic rings. The zero-order chi connectivity index (χ0) is 13.4. The highest BCUT2D eigenvalue weighted by atomic mass is 16.3. The molecule has 96 valence electrons. The van der Waals surface area contributed by atoms with Crippen molar-refractivity contribution < 1.29 is 8.83 Å². The number of benzene rings is 1. The third-order valence-electron chi connectivity index (χ3n) is 3.27. The van der Waals surface area contributed by atoms with Crippen LogP contribution in [0.2, 0.25) is 0 Å². The molecule has 3 aromatic heterocycles. The molecule has 0 saturated heterocycles. The minimum Gasteiger partial charge on any atom is -0.464 e. The van der Waals surface area contributed by atoms with E-state index in [4.69, 9.17) is 13.8 Å². The monoisotopic (exact) mass is 261 g/mol. The Labute approximate surface area is 115 Å². The Morgan fingerprint density at radius 3 is 2.25 bits per heavy atom. The molecule has 1 aromatic carbocycles. The summed E-state index contributed by atoms with van der Waals surface area (Å²) in [5, 5.41) is 1.08. The summed E-state index contributed by atoms with van der Waals surface area (Å²) in [7, 11) is 0. The van der Waals surface area contributed by atoms with E-state index < -0.39 is 0 Å². The average molecular weight is 261 g/mol. The molecular formula is C17H11NO2. The first kappa shape index (κ1) is 11.1. The lowest BCUT2D eigenvalue weighted by Crippen LogP contribution is -1.89. The SMILES string of the molecule is c1coc(-c2cc3ccccc3nc2-c2ccco2)c1. The highest BCUT2D eigenvalue weighted by Gasteiger charge is 2.14. The summed E-state index contributed by atoms with van der Waals surface area (Å²) in [5.41, 5.74) is 2.67. The average Bonchev–Trinajstić information content (AvgIpc) is 3.19. The lowest BCUT2D eigenvalue weighted by Gasteiger charge is -2.07. The molecule has 0 aliphatic rings. The Morgan fingerprint density at radius 2 is 1.50 bits per heavy atom. The molecule has 3 heterocycles. The minimum atomic E-state index is 0.738. The molecule has 0 saturated carbocycles. The number of aromatic nitrogens is 1. The standard InChI is InChI=1S/C17H11NO2/c1-2-6-14-12(5-1)11-13(15-7-3-9-19-15)17(18-14)16-8-4-10-20-16/h1-11H. The summed E-state index contributed by atoms with van der Waals surface area (Å²) in [5.74, 6) is 1.52. The lowest BCUT2D eigenvalue weighted by atomic mass is 10.1. The van der Waals surface area contributed by atoms with Crippen LogP contribution in [0.25, 0.3) is 33.7 Å². The predicted molar refractivity (Wildman–Crippen MR) is 77.1 cm³/mol. The van der Waals surface area contributed by atoms with Gasteiger partial charge in [0.2, 0.25) is 0 Å². The number of fused-ring (bicyclic) bond motifs is 1. The highest BCUT2D eigenvalue weighted by Crippen LogP contribution is 2.33. The van der Waals surface area contributed by atoms with Crippen LogP contribution in [0.1, 0.15) is 0 Å². The van der Waals surface area contributed by atoms with Gasteiger partial charge in [0.25, 0.3) is 0 Å². The summed E-state index contributed by atoms with van der Waals surface area (Å²) in [4.78, 5) is 4.72. The molecule has 0 bridgehead atoms. The molecule has 0 aliphatic heterocycles. The molecule has 0 unspecified atom stereocenters. The number of rotatable bonds is 2. The van der Waals surface area contributed by atoms with Gasteiger partial charge in [-0.15, -0.1) is 0 Å². The Morgan fingerprint density at radius 1 is 0.750 bits per heavy atom. The molecule has 0 amide bonds. The van der Waals surface area contributed by atoms with Crippen LogP contribution in [0, 0.1) is 0 Å². The van der Waals surface area contributed by atoms with Crippen molar-refractivity contribution in [1.29, 1.82) is 0 Å². The number of furan rings is 2. The fourth-order valence-corrected chi connectivity index (χ4v) is 2.34. The van der Waals surface area contributed by atoms with Gasteiger partial charge in [-0.1, -0.05) is 18.2 Å². The highest BCUT2D eigenvalue weighted by molar-refractivity contribution is 5.89. The van der Waals surface area contributed by atoms with Gasteiger partial charge in [-0.25, -0.2) is 4.98 Å². The first-order valence-corrected chi connectivity index (χ1v) is 6.39. The molecule has 0 radical (unpaired) electrons. The molecule has 0 atom stereocenters. The van der Waals surface area contributed by atoms with Gasteiger partial charge in [-0.05, 0) is 36.4 Å². The normalized spacial score (nSPS) is 11.0. The molecule has 0 N–H and O–H groups in total. The van der Waals surface area contributed by atoms with Crippen molar-refractivity contribution in [2.24, 2.45) is 0 Å². The number of nitrogens with zero attached hydrogens (tertiary/aromatic N) is 1. The van der Waals surface area contributed by atoms with E-state index in [0.29, 0.717) is 0 Å². The predicted octanol–water partition coefficient (Wildman–Crippen LogP) is 4.75. The molecule has 20 heavy (non-hydrogen) atoms. The van der Waals surface area contributed by atoms with Crippen LogP contribution < -0.4 is 0 Å².